The third kappa shape index (κ3) is 5.23. The third-order valence-corrected chi connectivity index (χ3v) is 4.01. The van der Waals surface area contributed by atoms with Gasteiger partial charge >= 0.3 is 18.5 Å². The van der Waals surface area contributed by atoms with Gasteiger partial charge in [-0.2, -0.15) is 39.5 Å². The summed E-state index contributed by atoms with van der Waals surface area (Å²) in [5.41, 5.74) is -16.7. The van der Waals surface area contributed by atoms with Crippen LogP contribution in [0.15, 0.2) is 24.3 Å². The Balaban J connectivity index is 3.05. The third-order valence-electron chi connectivity index (χ3n) is 4.01. The lowest BCUT2D eigenvalue weighted by Crippen LogP contribution is -2.18. The number of alkyl halides is 9. The lowest BCUT2D eigenvalue weighted by atomic mass is 10.0. The zero-order chi connectivity index (χ0) is 26.4. The van der Waals surface area contributed by atoms with Gasteiger partial charge in [0.1, 0.15) is 5.69 Å². The predicted octanol–water partition coefficient (Wildman–Crippen LogP) is 6.21. The van der Waals surface area contributed by atoms with Crippen molar-refractivity contribution < 1.29 is 54.3 Å². The second-order valence-electron chi connectivity index (χ2n) is 6.19. The molecule has 0 spiro atoms. The minimum atomic E-state index is -5.83. The van der Waals surface area contributed by atoms with E-state index in [1.807, 2.05) is 0 Å². The zero-order valence-corrected chi connectivity index (χ0v) is 15.5. The largest absolute Gasteiger partial charge is 0.418 e. The maximum Gasteiger partial charge on any atom is 0.418 e. The Morgan fingerprint density at radius 3 is 1.18 bits per heavy atom. The Bertz CT molecular complexity index is 1160. The number of rotatable bonds is 5. The van der Waals surface area contributed by atoms with Crippen molar-refractivity contribution in [2.45, 2.75) is 18.5 Å². The van der Waals surface area contributed by atoms with E-state index >= 15 is 0 Å². The molecule has 0 aliphatic rings. The first-order valence-corrected chi connectivity index (χ1v) is 8.03. The van der Waals surface area contributed by atoms with Crippen molar-refractivity contribution in [3.63, 3.8) is 0 Å². The summed E-state index contributed by atoms with van der Waals surface area (Å²) in [6, 6.07) is -1.32. The summed E-state index contributed by atoms with van der Waals surface area (Å²) < 4.78 is 121. The zero-order valence-electron chi connectivity index (χ0n) is 15.5. The quantitative estimate of drug-likeness (QED) is 0.287. The van der Waals surface area contributed by atoms with Crippen LogP contribution in [0.3, 0.4) is 0 Å². The van der Waals surface area contributed by atoms with Crippen LogP contribution in [0.5, 0.6) is 0 Å². The molecule has 0 radical (unpaired) electrons. The van der Waals surface area contributed by atoms with E-state index in [0.29, 0.717) is 0 Å². The summed E-state index contributed by atoms with van der Waals surface area (Å²) in [6.45, 7) is 0. The number of nitrogens with one attached hydrogen (secondary N) is 1. The van der Waals surface area contributed by atoms with Crippen molar-refractivity contribution in [2.24, 2.45) is 0 Å². The molecule has 0 saturated carbocycles. The lowest BCUT2D eigenvalue weighted by molar-refractivity contribution is -0.394. The van der Waals surface area contributed by atoms with Crippen LogP contribution < -0.4 is 5.32 Å². The van der Waals surface area contributed by atoms with Gasteiger partial charge in [0, 0.05) is 18.2 Å². The molecule has 0 aliphatic heterocycles. The summed E-state index contributed by atoms with van der Waals surface area (Å²) in [4.78, 5) is 28.0. The first kappa shape index (κ1) is 26.1. The van der Waals surface area contributed by atoms with Gasteiger partial charge in [-0.05, 0) is 0 Å². The molecule has 0 aromatic heterocycles. The second-order valence-corrected chi connectivity index (χ2v) is 6.19. The van der Waals surface area contributed by atoms with Gasteiger partial charge in [-0.3, -0.25) is 30.3 Å². The molecule has 0 amide bonds. The van der Waals surface area contributed by atoms with E-state index in [9.17, 15) is 69.9 Å². The number of anilines is 2. The van der Waals surface area contributed by atoms with Crippen molar-refractivity contribution in [3.8, 4) is 0 Å². The van der Waals surface area contributed by atoms with Crippen molar-refractivity contribution in [3.05, 3.63) is 71.3 Å². The molecule has 0 saturated heterocycles. The van der Waals surface area contributed by atoms with Crippen LogP contribution in [-0.2, 0) is 18.5 Å². The Hall–Kier alpha value is -4.19. The highest BCUT2D eigenvalue weighted by Gasteiger charge is 2.45. The van der Waals surface area contributed by atoms with Gasteiger partial charge in [0.15, 0.2) is 0 Å². The molecule has 0 atom stereocenters. The molecule has 0 aliphatic carbocycles. The first-order chi connectivity index (χ1) is 15.2. The van der Waals surface area contributed by atoms with E-state index < -0.39 is 90.6 Å². The summed E-state index contributed by atoms with van der Waals surface area (Å²) in [7, 11) is 0. The van der Waals surface area contributed by atoms with E-state index in [0.717, 1.165) is 5.32 Å². The number of hydrogen-bond acceptors (Lipinski definition) is 7. The Kier molecular flexibility index (Phi) is 6.36. The van der Waals surface area contributed by atoms with Crippen LogP contribution in [0.1, 0.15) is 16.7 Å². The molecule has 0 bridgehead atoms. The predicted molar refractivity (Wildman–Crippen MR) is 91.1 cm³/mol. The standard InChI is InChI=1S/C15H5F9N4O6/c16-13(17,18)7-1-5(26(29)30)2-8(14(19,20)21)11(7)25-12-9(15(22,23)24)3-6(27(31)32)4-10(12)28(33)34/h1-4,25H. The molecule has 34 heavy (non-hydrogen) atoms. The summed E-state index contributed by atoms with van der Waals surface area (Å²) in [5.74, 6) is 0. The van der Waals surface area contributed by atoms with Crippen LogP contribution in [0.4, 0.5) is 68.0 Å². The fourth-order valence-electron chi connectivity index (χ4n) is 2.66. The molecule has 2 aromatic rings. The fourth-order valence-corrected chi connectivity index (χ4v) is 2.66. The van der Waals surface area contributed by atoms with Gasteiger partial charge in [0.25, 0.3) is 17.1 Å². The number of hydrogen-bond donors (Lipinski definition) is 1. The van der Waals surface area contributed by atoms with Gasteiger partial charge in [0.05, 0.1) is 43.2 Å². The highest BCUT2D eigenvalue weighted by atomic mass is 19.4. The molecule has 2 rings (SSSR count). The van der Waals surface area contributed by atoms with Crippen LogP contribution in [-0.4, -0.2) is 14.8 Å². The van der Waals surface area contributed by atoms with Crippen molar-refractivity contribution >= 4 is 28.4 Å². The number of benzene rings is 2. The summed E-state index contributed by atoms with van der Waals surface area (Å²) >= 11 is 0. The minimum Gasteiger partial charge on any atom is -0.348 e. The molecule has 10 nitrogen and oxygen atoms in total. The average molecular weight is 508 g/mol. The Morgan fingerprint density at radius 2 is 0.882 bits per heavy atom. The van der Waals surface area contributed by atoms with Gasteiger partial charge < -0.3 is 5.32 Å². The highest BCUT2D eigenvalue weighted by Crippen LogP contribution is 2.49. The molecule has 184 valence electrons. The minimum absolute atomic E-state index is 0.122. The maximum absolute atomic E-state index is 13.5. The van der Waals surface area contributed by atoms with E-state index in [-0.39, 0.29) is 12.1 Å². The van der Waals surface area contributed by atoms with E-state index in [4.69, 9.17) is 0 Å². The molecule has 19 heteroatoms. The van der Waals surface area contributed by atoms with Gasteiger partial charge in [0.2, 0.25) is 0 Å². The Labute approximate surface area is 179 Å². The number of nitro benzene ring substituents is 3. The van der Waals surface area contributed by atoms with Gasteiger partial charge in [-0.1, -0.05) is 0 Å². The molecule has 1 N–H and O–H groups in total. The molecular weight excluding hydrogens is 503 g/mol. The molecule has 2 aromatic carbocycles. The molecule has 0 fully saturated rings. The van der Waals surface area contributed by atoms with Crippen molar-refractivity contribution in [2.75, 3.05) is 5.32 Å². The van der Waals surface area contributed by atoms with Crippen LogP contribution in [0.2, 0.25) is 0 Å². The van der Waals surface area contributed by atoms with Crippen LogP contribution in [0, 0.1) is 30.3 Å². The maximum atomic E-state index is 13.5. The van der Waals surface area contributed by atoms with E-state index in [2.05, 4.69) is 0 Å². The lowest BCUT2D eigenvalue weighted by Gasteiger charge is -2.21. The topological polar surface area (TPSA) is 141 Å². The second kappa shape index (κ2) is 8.30. The molecular formula is C15H5F9N4O6. The number of halogens is 9. The van der Waals surface area contributed by atoms with Gasteiger partial charge in [-0.15, -0.1) is 0 Å². The number of non-ortho nitro benzene ring substituents is 2. The monoisotopic (exact) mass is 508 g/mol. The first-order valence-electron chi connectivity index (χ1n) is 8.03. The number of nitrogens with zero attached hydrogens (tertiary/aromatic N) is 3. The van der Waals surface area contributed by atoms with Gasteiger partial charge in [-0.25, -0.2) is 0 Å². The smallest absolute Gasteiger partial charge is 0.348 e. The highest BCUT2D eigenvalue weighted by molar-refractivity contribution is 5.80. The van der Waals surface area contributed by atoms with E-state index in [1.165, 1.54) is 0 Å². The van der Waals surface area contributed by atoms with Crippen LogP contribution >= 0.6 is 0 Å². The van der Waals surface area contributed by atoms with Crippen LogP contribution in [0.25, 0.3) is 0 Å². The van der Waals surface area contributed by atoms with E-state index in [1.54, 1.807) is 0 Å². The summed E-state index contributed by atoms with van der Waals surface area (Å²) in [5, 5.41) is 33.9. The van der Waals surface area contributed by atoms with Crippen molar-refractivity contribution in [1.82, 2.24) is 0 Å². The Morgan fingerprint density at radius 1 is 0.559 bits per heavy atom. The van der Waals surface area contributed by atoms with Crippen molar-refractivity contribution in [1.29, 1.82) is 0 Å². The molecule has 0 unspecified atom stereocenters. The normalized spacial score (nSPS) is 12.4. The SMILES string of the molecule is O=[N+]([O-])c1cc([N+](=O)[O-])c(Nc2c(C(F)(F)F)cc([N+](=O)[O-])cc2C(F)(F)F)c(C(F)(F)F)c1. The molecule has 0 heterocycles. The summed E-state index contributed by atoms with van der Waals surface area (Å²) in [6.07, 6.45) is -17.4. The number of nitro groups is 3. The fraction of sp³-hybridized carbons (Fsp3) is 0.200. The average Bonchev–Trinajstić information content (AvgIpc) is 2.64.